The average molecular weight is 275 g/mol. The summed E-state index contributed by atoms with van der Waals surface area (Å²) in [6.45, 7) is 0. The first-order valence-electron chi connectivity index (χ1n) is 5.61. The molecule has 6 heteroatoms. The SMILES string of the molecule is O=C(Nc1ccc(F)c(F)c1F)C1CCSCC1. The average Bonchev–Trinajstić information content (AvgIpc) is 2.40. The summed E-state index contributed by atoms with van der Waals surface area (Å²) in [6, 6.07) is 1.83. The molecule has 0 aliphatic carbocycles. The van der Waals surface area contributed by atoms with Crippen molar-refractivity contribution < 1.29 is 18.0 Å². The van der Waals surface area contributed by atoms with E-state index in [1.54, 1.807) is 11.8 Å². The van der Waals surface area contributed by atoms with Crippen molar-refractivity contribution in [2.45, 2.75) is 12.8 Å². The molecule has 1 aromatic rings. The molecule has 1 aliphatic rings. The second-order valence-electron chi connectivity index (χ2n) is 4.10. The van der Waals surface area contributed by atoms with Gasteiger partial charge < -0.3 is 5.32 Å². The summed E-state index contributed by atoms with van der Waals surface area (Å²) in [7, 11) is 0. The first kappa shape index (κ1) is 13.3. The van der Waals surface area contributed by atoms with Crippen LogP contribution in [-0.4, -0.2) is 17.4 Å². The number of amides is 1. The predicted molar refractivity (Wildman–Crippen MR) is 65.0 cm³/mol. The Kier molecular flexibility index (Phi) is 4.16. The molecule has 0 radical (unpaired) electrons. The Hall–Kier alpha value is -1.17. The van der Waals surface area contributed by atoms with E-state index in [-0.39, 0.29) is 17.5 Å². The largest absolute Gasteiger partial charge is 0.323 e. The fraction of sp³-hybridized carbons (Fsp3) is 0.417. The van der Waals surface area contributed by atoms with Gasteiger partial charge in [-0.15, -0.1) is 0 Å². The predicted octanol–water partition coefficient (Wildman–Crippen LogP) is 3.19. The molecule has 2 nitrogen and oxygen atoms in total. The molecule has 1 aromatic carbocycles. The van der Waals surface area contributed by atoms with Crippen molar-refractivity contribution in [2.75, 3.05) is 16.8 Å². The molecule has 0 bridgehead atoms. The quantitative estimate of drug-likeness (QED) is 0.840. The minimum atomic E-state index is -1.56. The summed E-state index contributed by atoms with van der Waals surface area (Å²) in [5, 5.41) is 2.32. The fourth-order valence-corrected chi connectivity index (χ4v) is 2.92. The lowest BCUT2D eigenvalue weighted by Crippen LogP contribution is -2.26. The van der Waals surface area contributed by atoms with Crippen molar-refractivity contribution in [2.24, 2.45) is 5.92 Å². The summed E-state index contributed by atoms with van der Waals surface area (Å²) in [6.07, 6.45) is 1.45. The van der Waals surface area contributed by atoms with Crippen LogP contribution in [0.3, 0.4) is 0 Å². The van der Waals surface area contributed by atoms with Gasteiger partial charge in [0, 0.05) is 5.92 Å². The summed E-state index contributed by atoms with van der Waals surface area (Å²) in [4.78, 5) is 11.8. The Morgan fingerprint density at radius 2 is 1.83 bits per heavy atom. The van der Waals surface area contributed by atoms with E-state index in [2.05, 4.69) is 5.32 Å². The lowest BCUT2D eigenvalue weighted by atomic mass is 10.0. The lowest BCUT2D eigenvalue weighted by Gasteiger charge is -2.20. The van der Waals surface area contributed by atoms with Gasteiger partial charge in [0.05, 0.1) is 5.69 Å². The molecule has 1 heterocycles. The first-order valence-corrected chi connectivity index (χ1v) is 6.77. The van der Waals surface area contributed by atoms with E-state index in [9.17, 15) is 18.0 Å². The molecule has 1 saturated heterocycles. The van der Waals surface area contributed by atoms with Crippen LogP contribution in [0, 0.1) is 23.4 Å². The molecule has 1 amide bonds. The normalized spacial score (nSPS) is 16.6. The van der Waals surface area contributed by atoms with Gasteiger partial charge in [0.1, 0.15) is 0 Å². The summed E-state index contributed by atoms with van der Waals surface area (Å²) >= 11 is 1.77. The van der Waals surface area contributed by atoms with Crippen LogP contribution in [0.2, 0.25) is 0 Å². The molecule has 0 atom stereocenters. The first-order chi connectivity index (χ1) is 8.59. The van der Waals surface area contributed by atoms with Crippen molar-refractivity contribution >= 4 is 23.4 Å². The van der Waals surface area contributed by atoms with Crippen molar-refractivity contribution in [3.63, 3.8) is 0 Å². The van der Waals surface area contributed by atoms with E-state index >= 15 is 0 Å². The number of nitrogens with one attached hydrogen (secondary N) is 1. The third-order valence-electron chi connectivity index (χ3n) is 2.89. The smallest absolute Gasteiger partial charge is 0.227 e. The van der Waals surface area contributed by atoms with E-state index in [0.717, 1.165) is 36.5 Å². The number of halogens is 3. The molecule has 0 unspecified atom stereocenters. The van der Waals surface area contributed by atoms with Crippen LogP contribution < -0.4 is 5.32 Å². The molecule has 0 aromatic heterocycles. The number of hydrogen-bond acceptors (Lipinski definition) is 2. The third-order valence-corrected chi connectivity index (χ3v) is 3.93. The molecule has 0 spiro atoms. The zero-order valence-corrected chi connectivity index (χ0v) is 10.3. The number of carbonyl (C=O) groups is 1. The highest BCUT2D eigenvalue weighted by atomic mass is 32.2. The molecular weight excluding hydrogens is 263 g/mol. The number of carbonyl (C=O) groups excluding carboxylic acids is 1. The van der Waals surface area contributed by atoms with Gasteiger partial charge in [-0.3, -0.25) is 4.79 Å². The molecule has 2 rings (SSSR count). The zero-order valence-electron chi connectivity index (χ0n) is 9.51. The monoisotopic (exact) mass is 275 g/mol. The minimum absolute atomic E-state index is 0.182. The van der Waals surface area contributed by atoms with Crippen LogP contribution in [0.25, 0.3) is 0 Å². The standard InChI is InChI=1S/C12H12F3NOS/c13-8-1-2-9(11(15)10(8)14)16-12(17)7-3-5-18-6-4-7/h1-2,7H,3-6H2,(H,16,17). The van der Waals surface area contributed by atoms with Crippen LogP contribution in [0.1, 0.15) is 12.8 Å². The second kappa shape index (κ2) is 5.65. The number of thioether (sulfide) groups is 1. The van der Waals surface area contributed by atoms with Gasteiger partial charge in [0.2, 0.25) is 5.91 Å². The van der Waals surface area contributed by atoms with E-state index in [1.165, 1.54) is 0 Å². The molecular formula is C12H12F3NOS. The topological polar surface area (TPSA) is 29.1 Å². The second-order valence-corrected chi connectivity index (χ2v) is 5.32. The Labute approximate surface area is 107 Å². The van der Waals surface area contributed by atoms with Gasteiger partial charge in [-0.25, -0.2) is 13.2 Å². The number of hydrogen-bond donors (Lipinski definition) is 1. The molecule has 1 fully saturated rings. The maximum absolute atomic E-state index is 13.4. The molecule has 0 saturated carbocycles. The molecule has 1 aliphatic heterocycles. The summed E-state index contributed by atoms with van der Waals surface area (Å²) in [5.41, 5.74) is -0.308. The van der Waals surface area contributed by atoms with E-state index < -0.39 is 17.5 Å². The van der Waals surface area contributed by atoms with Gasteiger partial charge in [0.15, 0.2) is 17.5 Å². The van der Waals surface area contributed by atoms with E-state index in [4.69, 9.17) is 0 Å². The number of rotatable bonds is 2. The Balaban J connectivity index is 2.09. The molecule has 18 heavy (non-hydrogen) atoms. The van der Waals surface area contributed by atoms with Gasteiger partial charge in [-0.05, 0) is 36.5 Å². The lowest BCUT2D eigenvalue weighted by molar-refractivity contribution is -0.120. The Morgan fingerprint density at radius 3 is 2.50 bits per heavy atom. The van der Waals surface area contributed by atoms with Crippen LogP contribution in [0.15, 0.2) is 12.1 Å². The maximum atomic E-state index is 13.4. The summed E-state index contributed by atoms with van der Waals surface area (Å²) < 4.78 is 39.1. The van der Waals surface area contributed by atoms with Crippen molar-refractivity contribution in [3.8, 4) is 0 Å². The minimum Gasteiger partial charge on any atom is -0.323 e. The third kappa shape index (κ3) is 2.80. The van der Waals surface area contributed by atoms with Gasteiger partial charge in [-0.1, -0.05) is 0 Å². The fourth-order valence-electron chi connectivity index (χ4n) is 1.82. The van der Waals surface area contributed by atoms with Crippen LogP contribution >= 0.6 is 11.8 Å². The summed E-state index contributed by atoms with van der Waals surface area (Å²) in [5.74, 6) is -2.92. The zero-order chi connectivity index (χ0) is 13.1. The van der Waals surface area contributed by atoms with Crippen LogP contribution in [-0.2, 0) is 4.79 Å². The number of anilines is 1. The Bertz CT molecular complexity index is 461. The van der Waals surface area contributed by atoms with E-state index in [1.807, 2.05) is 0 Å². The van der Waals surface area contributed by atoms with Crippen molar-refractivity contribution in [1.82, 2.24) is 0 Å². The van der Waals surface area contributed by atoms with Crippen LogP contribution in [0.5, 0.6) is 0 Å². The van der Waals surface area contributed by atoms with Crippen molar-refractivity contribution in [1.29, 1.82) is 0 Å². The molecule has 1 N–H and O–H groups in total. The Morgan fingerprint density at radius 1 is 1.17 bits per heavy atom. The highest BCUT2D eigenvalue weighted by Crippen LogP contribution is 2.25. The number of benzene rings is 1. The highest BCUT2D eigenvalue weighted by Gasteiger charge is 2.23. The van der Waals surface area contributed by atoms with Gasteiger partial charge in [0.25, 0.3) is 0 Å². The highest BCUT2D eigenvalue weighted by molar-refractivity contribution is 7.99. The van der Waals surface area contributed by atoms with E-state index in [0.29, 0.717) is 0 Å². The van der Waals surface area contributed by atoms with Crippen LogP contribution in [0.4, 0.5) is 18.9 Å². The molecule has 98 valence electrons. The van der Waals surface area contributed by atoms with Gasteiger partial charge >= 0.3 is 0 Å². The van der Waals surface area contributed by atoms with Gasteiger partial charge in [-0.2, -0.15) is 11.8 Å². The van der Waals surface area contributed by atoms with Crippen molar-refractivity contribution in [3.05, 3.63) is 29.6 Å². The maximum Gasteiger partial charge on any atom is 0.227 e.